The fraction of sp³-hybridized carbons (Fsp3) is 0.353. The number of hydrogen-bond acceptors (Lipinski definition) is 3. The predicted molar refractivity (Wildman–Crippen MR) is 89.0 cm³/mol. The van der Waals surface area contributed by atoms with Gasteiger partial charge in [0.05, 0.1) is 16.6 Å². The number of para-hydroxylation sites is 1. The molecule has 2 aromatic rings. The summed E-state index contributed by atoms with van der Waals surface area (Å²) in [6.07, 6.45) is 2.02. The molecule has 4 nitrogen and oxygen atoms in total. The molecule has 0 spiro atoms. The Morgan fingerprint density at radius 3 is 2.52 bits per heavy atom. The first-order valence-corrected chi connectivity index (χ1v) is 8.22. The summed E-state index contributed by atoms with van der Waals surface area (Å²) in [5.74, 6) is 1.85. The third-order valence-corrected chi connectivity index (χ3v) is 4.28. The highest BCUT2D eigenvalue weighted by Gasteiger charge is 2.33. The van der Waals surface area contributed by atoms with E-state index in [9.17, 15) is 4.79 Å². The van der Waals surface area contributed by atoms with Crippen molar-refractivity contribution in [2.45, 2.75) is 32.4 Å². The van der Waals surface area contributed by atoms with E-state index in [1.54, 1.807) is 23.1 Å². The molecular weight excluding hydrogens is 337 g/mol. The predicted octanol–water partition coefficient (Wildman–Crippen LogP) is 4.46. The average molecular weight is 354 g/mol. The van der Waals surface area contributed by atoms with E-state index in [0.717, 1.165) is 24.4 Å². The van der Waals surface area contributed by atoms with Gasteiger partial charge < -0.3 is 14.1 Å². The zero-order chi connectivity index (χ0) is 16.4. The summed E-state index contributed by atoms with van der Waals surface area (Å²) in [4.78, 5) is 14.3. The van der Waals surface area contributed by atoms with Crippen LogP contribution < -0.4 is 4.74 Å². The van der Waals surface area contributed by atoms with E-state index < -0.39 is 0 Å². The summed E-state index contributed by atoms with van der Waals surface area (Å²) in [6, 6.07) is 9.14. The van der Waals surface area contributed by atoms with Crippen molar-refractivity contribution in [3.8, 4) is 5.75 Å². The maximum Gasteiger partial charge on any atom is 0.261 e. The van der Waals surface area contributed by atoms with E-state index >= 15 is 0 Å². The topological polar surface area (TPSA) is 42.7 Å². The highest BCUT2D eigenvalue weighted by molar-refractivity contribution is 6.37. The number of carbonyl (C=O) groups excluding carboxylic acids is 1. The highest BCUT2D eigenvalue weighted by atomic mass is 35.5. The third kappa shape index (κ3) is 4.01. The minimum absolute atomic E-state index is 0.0976. The standard InChI is InChI=1S/C17H17Cl2NO3/c1-11-5-8-13(23-11)9-20(12-6-7-12)16(21)10-22-17-14(18)3-2-4-15(17)19/h2-5,8,12H,6-7,9-10H2,1H3. The Bertz CT molecular complexity index is 689. The van der Waals surface area contributed by atoms with Crippen LogP contribution in [0.5, 0.6) is 5.75 Å². The van der Waals surface area contributed by atoms with Crippen molar-refractivity contribution in [3.05, 3.63) is 51.9 Å². The average Bonchev–Trinajstić information content (AvgIpc) is 3.26. The van der Waals surface area contributed by atoms with Gasteiger partial charge in [-0.25, -0.2) is 0 Å². The fourth-order valence-corrected chi connectivity index (χ4v) is 2.89. The van der Waals surface area contributed by atoms with Crippen molar-refractivity contribution in [1.82, 2.24) is 4.90 Å². The molecule has 1 amide bonds. The molecule has 6 heteroatoms. The summed E-state index contributed by atoms with van der Waals surface area (Å²) in [5.41, 5.74) is 0. The van der Waals surface area contributed by atoms with Crippen LogP contribution in [0.3, 0.4) is 0 Å². The van der Waals surface area contributed by atoms with E-state index in [-0.39, 0.29) is 18.6 Å². The van der Waals surface area contributed by atoms with Crippen LogP contribution in [0.2, 0.25) is 10.0 Å². The van der Waals surface area contributed by atoms with Crippen molar-refractivity contribution < 1.29 is 13.9 Å². The van der Waals surface area contributed by atoms with Gasteiger partial charge >= 0.3 is 0 Å². The summed E-state index contributed by atoms with van der Waals surface area (Å²) in [7, 11) is 0. The second-order valence-electron chi connectivity index (χ2n) is 5.60. The lowest BCUT2D eigenvalue weighted by Crippen LogP contribution is -2.36. The largest absolute Gasteiger partial charge is 0.481 e. The number of nitrogens with zero attached hydrogens (tertiary/aromatic N) is 1. The van der Waals surface area contributed by atoms with Crippen LogP contribution in [0.15, 0.2) is 34.7 Å². The quantitative estimate of drug-likeness (QED) is 0.769. The monoisotopic (exact) mass is 353 g/mol. The lowest BCUT2D eigenvalue weighted by atomic mass is 10.3. The molecule has 0 atom stereocenters. The number of carbonyl (C=O) groups is 1. The molecule has 1 fully saturated rings. The summed E-state index contributed by atoms with van der Waals surface area (Å²) < 4.78 is 11.1. The van der Waals surface area contributed by atoms with Crippen LogP contribution in [0.1, 0.15) is 24.4 Å². The first kappa shape index (κ1) is 16.2. The molecule has 0 N–H and O–H groups in total. The molecule has 0 saturated heterocycles. The second-order valence-corrected chi connectivity index (χ2v) is 6.42. The number of rotatable bonds is 6. The SMILES string of the molecule is Cc1ccc(CN(C(=O)COc2c(Cl)cccc2Cl)C2CC2)o1. The molecule has 122 valence electrons. The van der Waals surface area contributed by atoms with Crippen molar-refractivity contribution in [3.63, 3.8) is 0 Å². The van der Waals surface area contributed by atoms with E-state index in [0.29, 0.717) is 22.3 Å². The minimum Gasteiger partial charge on any atom is -0.481 e. The number of ether oxygens (including phenoxy) is 1. The Balaban J connectivity index is 1.65. The summed E-state index contributed by atoms with van der Waals surface area (Å²) in [6.45, 7) is 2.24. The van der Waals surface area contributed by atoms with E-state index in [1.807, 2.05) is 19.1 Å². The van der Waals surface area contributed by atoms with Gasteiger partial charge in [-0.15, -0.1) is 0 Å². The normalized spacial score (nSPS) is 13.9. The van der Waals surface area contributed by atoms with Gasteiger partial charge in [-0.1, -0.05) is 29.3 Å². The maximum atomic E-state index is 12.5. The molecule has 3 rings (SSSR count). The van der Waals surface area contributed by atoms with Crippen LogP contribution in [-0.2, 0) is 11.3 Å². The molecule has 1 aliphatic carbocycles. The highest BCUT2D eigenvalue weighted by Crippen LogP contribution is 2.33. The van der Waals surface area contributed by atoms with Crippen LogP contribution in [0.25, 0.3) is 0 Å². The number of aryl methyl sites for hydroxylation is 1. The van der Waals surface area contributed by atoms with E-state index in [1.165, 1.54) is 0 Å². The Morgan fingerprint density at radius 1 is 1.26 bits per heavy atom. The number of benzene rings is 1. The van der Waals surface area contributed by atoms with Crippen molar-refractivity contribution >= 4 is 29.1 Å². The number of halogens is 2. The molecule has 1 aliphatic rings. The van der Waals surface area contributed by atoms with Crippen LogP contribution in [-0.4, -0.2) is 23.5 Å². The van der Waals surface area contributed by atoms with Crippen LogP contribution in [0, 0.1) is 6.92 Å². The number of amides is 1. The molecule has 0 radical (unpaired) electrons. The van der Waals surface area contributed by atoms with Gasteiger partial charge in [0.1, 0.15) is 11.5 Å². The first-order chi connectivity index (χ1) is 11.0. The van der Waals surface area contributed by atoms with Gasteiger partial charge in [0, 0.05) is 6.04 Å². The third-order valence-electron chi connectivity index (χ3n) is 3.69. The van der Waals surface area contributed by atoms with Gasteiger partial charge in [0.25, 0.3) is 5.91 Å². The van der Waals surface area contributed by atoms with Crippen molar-refractivity contribution in [1.29, 1.82) is 0 Å². The van der Waals surface area contributed by atoms with E-state index in [2.05, 4.69) is 0 Å². The fourth-order valence-electron chi connectivity index (χ4n) is 2.38. The van der Waals surface area contributed by atoms with E-state index in [4.69, 9.17) is 32.4 Å². The van der Waals surface area contributed by atoms with Crippen LogP contribution >= 0.6 is 23.2 Å². The van der Waals surface area contributed by atoms with Gasteiger partial charge in [-0.2, -0.15) is 0 Å². The smallest absolute Gasteiger partial charge is 0.261 e. The molecule has 0 aliphatic heterocycles. The second kappa shape index (κ2) is 6.85. The number of furan rings is 1. The summed E-state index contributed by atoms with van der Waals surface area (Å²) >= 11 is 12.1. The van der Waals surface area contributed by atoms with Gasteiger partial charge in [0.2, 0.25) is 0 Å². The zero-order valence-corrected chi connectivity index (χ0v) is 14.2. The van der Waals surface area contributed by atoms with Crippen molar-refractivity contribution in [2.75, 3.05) is 6.61 Å². The molecule has 0 unspecified atom stereocenters. The number of hydrogen-bond donors (Lipinski definition) is 0. The Labute approximate surface area is 144 Å². The Hall–Kier alpha value is -1.65. The zero-order valence-electron chi connectivity index (χ0n) is 12.7. The molecule has 1 heterocycles. The minimum atomic E-state index is -0.0995. The maximum absolute atomic E-state index is 12.5. The van der Waals surface area contributed by atoms with Gasteiger partial charge in [0.15, 0.2) is 12.4 Å². The van der Waals surface area contributed by atoms with Crippen LogP contribution in [0.4, 0.5) is 0 Å². The lowest BCUT2D eigenvalue weighted by molar-refractivity contribution is -0.134. The Kier molecular flexibility index (Phi) is 4.83. The lowest BCUT2D eigenvalue weighted by Gasteiger charge is -2.21. The first-order valence-electron chi connectivity index (χ1n) is 7.46. The molecule has 1 aromatic carbocycles. The van der Waals surface area contributed by atoms with Gasteiger partial charge in [-0.05, 0) is 44.0 Å². The molecule has 1 aromatic heterocycles. The molecule has 23 heavy (non-hydrogen) atoms. The molecule has 0 bridgehead atoms. The van der Waals surface area contributed by atoms with Gasteiger partial charge in [-0.3, -0.25) is 4.79 Å². The molecular formula is C17H17Cl2NO3. The summed E-state index contributed by atoms with van der Waals surface area (Å²) in [5, 5.41) is 0.787. The molecule has 1 saturated carbocycles. The Morgan fingerprint density at radius 2 is 1.96 bits per heavy atom. The van der Waals surface area contributed by atoms with Crippen molar-refractivity contribution in [2.24, 2.45) is 0 Å².